The van der Waals surface area contributed by atoms with E-state index >= 15 is 0 Å². The summed E-state index contributed by atoms with van der Waals surface area (Å²) in [7, 11) is -6.00. The zero-order valence-electron chi connectivity index (χ0n) is 33.5. The van der Waals surface area contributed by atoms with Crippen LogP contribution in [0.5, 0.6) is 0 Å². The number of aryl methyl sites for hydroxylation is 4. The van der Waals surface area contributed by atoms with Gasteiger partial charge in [-0.1, -0.05) is 99.2 Å². The van der Waals surface area contributed by atoms with Gasteiger partial charge < -0.3 is 65.2 Å². The number of pyridine rings is 3. The van der Waals surface area contributed by atoms with Gasteiger partial charge in [0, 0.05) is 48.2 Å². The molecule has 6 aromatic rings. The highest BCUT2D eigenvalue weighted by Gasteiger charge is 2.26. The van der Waals surface area contributed by atoms with Crippen molar-refractivity contribution in [1.82, 2.24) is 0 Å². The molecule has 0 bridgehead atoms. The second-order valence-electron chi connectivity index (χ2n) is 14.4. The highest BCUT2D eigenvalue weighted by molar-refractivity contribution is 6.50. The van der Waals surface area contributed by atoms with Crippen LogP contribution in [-0.2, 0) is 13.1 Å². The summed E-state index contributed by atoms with van der Waals surface area (Å²) in [4.78, 5) is 0. The molecule has 0 unspecified atom stereocenters. The number of halogens is 6. The quantitative estimate of drug-likeness (QED) is 0.0378. The molecule has 0 spiro atoms. The Morgan fingerprint density at radius 2 is 0.754 bits per heavy atom. The molecule has 0 aliphatic rings. The zero-order chi connectivity index (χ0) is 39.2. The van der Waals surface area contributed by atoms with Crippen molar-refractivity contribution in [1.29, 1.82) is 0 Å². The van der Waals surface area contributed by atoms with Gasteiger partial charge in [0.05, 0.1) is 12.1 Å². The summed E-state index contributed by atoms with van der Waals surface area (Å²) < 4.78 is 46.1. The van der Waals surface area contributed by atoms with Gasteiger partial charge >= 0.3 is 7.25 Å². The molecule has 3 aromatic carbocycles. The van der Waals surface area contributed by atoms with Gasteiger partial charge in [-0.15, -0.1) is 0 Å². The summed E-state index contributed by atoms with van der Waals surface area (Å²) in [5.74, 6) is 0. The molecule has 0 aliphatic heterocycles. The van der Waals surface area contributed by atoms with E-state index in [-0.39, 0.29) is 48.0 Å². The lowest BCUT2D eigenvalue weighted by molar-refractivity contribution is -0.698. The zero-order valence-corrected chi connectivity index (χ0v) is 37.8. The maximum Gasteiger partial charge on any atom is 0.673 e. The molecular weight excluding hydrogens is 947 g/mol. The molecule has 6 rings (SSSR count). The third kappa shape index (κ3) is 14.9. The topological polar surface area (TPSA) is 11.6 Å². The monoisotopic (exact) mass is 1000 g/mol. The van der Waals surface area contributed by atoms with Gasteiger partial charge in [0.25, 0.3) is 0 Å². The minimum atomic E-state index is -6.00. The Kier molecular flexibility index (Phi) is 19.8. The molecule has 0 aliphatic carbocycles. The first kappa shape index (κ1) is 47.7. The fraction of sp³-hybridized carbons (Fsp3) is 0.298. The molecule has 0 saturated heterocycles. The van der Waals surface area contributed by atoms with Gasteiger partial charge in [-0.2, -0.15) is 4.57 Å². The number of unbranched alkanes of at least 4 members (excludes halogenated alkanes) is 6. The Morgan fingerprint density at radius 1 is 0.421 bits per heavy atom. The van der Waals surface area contributed by atoms with E-state index in [0.717, 1.165) is 18.8 Å². The maximum atomic E-state index is 9.75. The van der Waals surface area contributed by atoms with Crippen LogP contribution in [0.1, 0.15) is 76.3 Å². The molecule has 3 nitrogen and oxygen atoms in total. The molecule has 0 amide bonds. The first-order chi connectivity index (χ1) is 26.5. The smallest absolute Gasteiger partial charge is 0.673 e. The predicted octanol–water partition coefficient (Wildman–Crippen LogP) is 6.29. The fourth-order valence-corrected chi connectivity index (χ4v) is 6.76. The van der Waals surface area contributed by atoms with Crippen molar-refractivity contribution in [2.45, 2.75) is 92.2 Å². The van der Waals surface area contributed by atoms with Crippen molar-refractivity contribution in [3.63, 3.8) is 0 Å². The van der Waals surface area contributed by atoms with Crippen molar-refractivity contribution in [3.05, 3.63) is 145 Å². The molecule has 0 fully saturated rings. The van der Waals surface area contributed by atoms with Gasteiger partial charge in [-0.05, 0) is 73.2 Å². The van der Waals surface area contributed by atoms with E-state index < -0.39 is 7.25 Å². The van der Waals surface area contributed by atoms with Gasteiger partial charge in [0.1, 0.15) is 13.1 Å². The second kappa shape index (κ2) is 23.7. The summed E-state index contributed by atoms with van der Waals surface area (Å²) in [5.41, 5.74) is 13.3. The van der Waals surface area contributed by atoms with Crippen molar-refractivity contribution < 1.29 is 78.9 Å². The van der Waals surface area contributed by atoms with E-state index in [0.29, 0.717) is 0 Å². The Bertz CT molecular complexity index is 2000. The Morgan fingerprint density at radius 3 is 1.14 bits per heavy atom. The number of aromatic nitrogens is 3. The van der Waals surface area contributed by atoms with Crippen molar-refractivity contribution in [2.24, 2.45) is 0 Å². The molecule has 0 saturated carbocycles. The standard InChI is InChI=1S/C47H54N3.BF4.2HI/c1-5-7-9-11-29-48-31-25-41(26-32-48)39-21-23-40(24-22-39)44-35-46(42-17-13-37(3)14-18-42)50(47(36-44)43-19-15-38(4)16-20-43)45-27-33-49(34-28-45)30-12-10-8-6-2;2-1(3,4)5;;/h13-28,31-36H,5-12,29-30H2,1-4H3;;2*1H/q+3;-1;;/p-2. The average molecular weight is 1000 g/mol. The van der Waals surface area contributed by atoms with E-state index in [2.05, 4.69) is 175 Å². The SMILES string of the molecule is CCCCCC[n+]1ccc(-c2ccc(-c3cc(-c4ccc(C)cc4)[n+](-c4cc[n+](CCCCCC)cc4)c(-c4ccc(C)cc4)c3)cc2)cc1.F[B-](F)(F)F.[I-].[I-]. The van der Waals surface area contributed by atoms with Gasteiger partial charge in [-0.3, -0.25) is 0 Å². The molecule has 3 heterocycles. The lowest BCUT2D eigenvalue weighted by Gasteiger charge is -2.13. The van der Waals surface area contributed by atoms with Crippen LogP contribution < -0.4 is 61.7 Å². The second-order valence-corrected chi connectivity index (χ2v) is 14.4. The van der Waals surface area contributed by atoms with Crippen LogP contribution in [0.2, 0.25) is 0 Å². The Balaban J connectivity index is 0.00000117. The number of hydrogen-bond donors (Lipinski definition) is 0. The van der Waals surface area contributed by atoms with Gasteiger partial charge in [-0.25, -0.2) is 9.13 Å². The predicted molar refractivity (Wildman–Crippen MR) is 218 cm³/mol. The van der Waals surface area contributed by atoms with Crippen LogP contribution in [0.4, 0.5) is 17.3 Å². The van der Waals surface area contributed by atoms with E-state index in [9.17, 15) is 17.3 Å². The molecule has 302 valence electrons. The number of benzene rings is 3. The van der Waals surface area contributed by atoms with E-state index in [1.165, 1.54) is 107 Å². The molecule has 0 radical (unpaired) electrons. The third-order valence-corrected chi connectivity index (χ3v) is 9.88. The minimum absolute atomic E-state index is 0. The highest BCUT2D eigenvalue weighted by Crippen LogP contribution is 2.32. The molecule has 3 aromatic heterocycles. The number of hydrogen-bond acceptors (Lipinski definition) is 0. The van der Waals surface area contributed by atoms with Crippen LogP contribution >= 0.6 is 0 Å². The third-order valence-electron chi connectivity index (χ3n) is 9.88. The lowest BCUT2D eigenvalue weighted by Crippen LogP contribution is -3.00. The minimum Gasteiger partial charge on any atom is -1.00 e. The molecule has 10 heteroatoms. The largest absolute Gasteiger partial charge is 1.00 e. The summed E-state index contributed by atoms with van der Waals surface area (Å²) in [6, 6.07) is 40.8. The summed E-state index contributed by atoms with van der Waals surface area (Å²) in [6.45, 7) is 11.0. The Hall–Kier alpha value is -3.65. The normalized spacial score (nSPS) is 10.9. The van der Waals surface area contributed by atoms with Crippen LogP contribution in [0.3, 0.4) is 0 Å². The molecule has 0 N–H and O–H groups in total. The molecular formula is C47H54BF4I2N3. The summed E-state index contributed by atoms with van der Waals surface area (Å²) in [5, 5.41) is 0. The molecule has 0 atom stereocenters. The first-order valence-corrected chi connectivity index (χ1v) is 19.7. The Labute approximate surface area is 371 Å². The fourth-order valence-electron chi connectivity index (χ4n) is 6.76. The van der Waals surface area contributed by atoms with Crippen LogP contribution in [0, 0.1) is 13.8 Å². The summed E-state index contributed by atoms with van der Waals surface area (Å²) in [6.07, 6.45) is 19.1. The van der Waals surface area contributed by atoms with E-state index in [1.54, 1.807) is 0 Å². The lowest BCUT2D eigenvalue weighted by atomic mass is 9.96. The van der Waals surface area contributed by atoms with Crippen molar-refractivity contribution in [3.8, 4) is 50.5 Å². The van der Waals surface area contributed by atoms with Crippen LogP contribution in [0.25, 0.3) is 50.5 Å². The number of nitrogens with zero attached hydrogens (tertiary/aromatic N) is 3. The van der Waals surface area contributed by atoms with Crippen LogP contribution in [0.15, 0.2) is 134 Å². The van der Waals surface area contributed by atoms with Crippen molar-refractivity contribution in [2.75, 3.05) is 0 Å². The van der Waals surface area contributed by atoms with Crippen LogP contribution in [-0.4, -0.2) is 7.25 Å². The number of rotatable bonds is 15. The van der Waals surface area contributed by atoms with Gasteiger partial charge in [0.2, 0.25) is 17.1 Å². The van der Waals surface area contributed by atoms with Crippen molar-refractivity contribution >= 4 is 7.25 Å². The average Bonchev–Trinajstić information content (AvgIpc) is 3.18. The summed E-state index contributed by atoms with van der Waals surface area (Å²) >= 11 is 0. The maximum absolute atomic E-state index is 9.75. The van der Waals surface area contributed by atoms with E-state index in [4.69, 9.17) is 0 Å². The highest BCUT2D eigenvalue weighted by atomic mass is 127. The first-order valence-electron chi connectivity index (χ1n) is 19.7. The van der Waals surface area contributed by atoms with Gasteiger partial charge in [0.15, 0.2) is 24.8 Å². The molecule has 57 heavy (non-hydrogen) atoms. The van der Waals surface area contributed by atoms with E-state index in [1.807, 2.05) is 0 Å².